The number of rotatable bonds is 39. The minimum atomic E-state index is -1.54. The molecule has 0 N–H and O–H groups in total. The second-order valence-corrected chi connectivity index (χ2v) is 40.0. The molecule has 12 aliphatic rings. The lowest BCUT2D eigenvalue weighted by Gasteiger charge is -2.28. The lowest BCUT2D eigenvalue weighted by Crippen LogP contribution is -2.47. The van der Waals surface area contributed by atoms with Crippen molar-refractivity contribution in [3.63, 3.8) is 0 Å². The van der Waals surface area contributed by atoms with Crippen LogP contribution in [0.5, 0.6) is 5.95 Å². The maximum Gasteiger partial charge on any atom is 0.343 e. The number of ether oxygens (including phenoxy) is 13. The first kappa shape index (κ1) is 124. The predicted molar refractivity (Wildman–Crippen MR) is 531 cm³/mol. The molecule has 0 aliphatic carbocycles. The van der Waals surface area contributed by atoms with Gasteiger partial charge >= 0.3 is 41.8 Å². The summed E-state index contributed by atoms with van der Waals surface area (Å²) in [6.07, 6.45) is 26.1. The van der Waals surface area contributed by atoms with E-state index in [1.165, 1.54) is 67.9 Å². The van der Waals surface area contributed by atoms with Crippen molar-refractivity contribution in [3.8, 4) is 5.95 Å². The van der Waals surface area contributed by atoms with Gasteiger partial charge in [-0.15, -0.1) is 0 Å². The van der Waals surface area contributed by atoms with E-state index in [-0.39, 0.29) is 180 Å². The van der Waals surface area contributed by atoms with Crippen LogP contribution in [0, 0.1) is 68.0 Å². The summed E-state index contributed by atoms with van der Waals surface area (Å²) in [5.41, 5.74) is -4.91. The van der Waals surface area contributed by atoms with Crippen molar-refractivity contribution in [2.75, 3.05) is 106 Å². The van der Waals surface area contributed by atoms with Crippen LogP contribution in [0.3, 0.4) is 0 Å². The third-order valence-corrected chi connectivity index (χ3v) is 27.9. The van der Waals surface area contributed by atoms with Gasteiger partial charge in [-0.05, 0) is 184 Å². The topological polar surface area (TPSA) is 520 Å². The number of fused-ring (bicyclic) bond motifs is 15. The fraction of sp³-hybridized carbons (Fsp3) is 0.593. The Morgan fingerprint density at radius 2 is 0.640 bits per heavy atom. The molecule has 12 unspecified atom stereocenters. The number of ketones is 1. The molecular weight excluding hydrogens is 1960 g/mol. The van der Waals surface area contributed by atoms with E-state index in [1.54, 1.807) is 150 Å². The summed E-state index contributed by atoms with van der Waals surface area (Å²) in [5, 5.41) is 0. The van der Waals surface area contributed by atoms with Gasteiger partial charge in [0.15, 0.2) is 17.1 Å². The number of esters is 7. The summed E-state index contributed by atoms with van der Waals surface area (Å²) in [6.45, 7) is 42.0. The van der Waals surface area contributed by atoms with Gasteiger partial charge in [-0.25, -0.2) is 4.79 Å². The lowest BCUT2D eigenvalue weighted by atomic mass is 9.77. The second kappa shape index (κ2) is 53.9. The number of amides is 12. The monoisotopic (exact) mass is 2100 g/mol. The minimum Gasteiger partial charge on any atom is -0.469 e. The number of furan rings is 3. The van der Waals surface area contributed by atoms with E-state index in [2.05, 4.69) is 6.92 Å². The number of carbonyl (C=O) groups excluding carboxylic acids is 20. The van der Waals surface area contributed by atoms with Crippen LogP contribution >= 0.6 is 0 Å². The SMILES string of the molecule is CCC(=O)c1ccco1.CCC(C)(C)C(=O)OCCN1C(=O)C2C3C=CC(C(=O)OC)(O3)C2C1=O.CCC(C)(C)C(=O)OCCN1C(=O)C2C3C=CC(OC)(O3)C2C1=O.CCC(C)(C)C(=O)OCCN1C(=O)C=CC1=O.CCC(C)(C)C(=O)OCCN1C(=O)C=CC1=O.CCC(C)(C)C(=O)OCCN1C(=O)C=CC1=O.CCOC12C=CC(O1)C1C(=O)N(CCOC(=O)C(C)(C)CC)C(=O)C12.CCOc1ccco1.CCc1ccco1. The molecule has 0 saturated carbocycles. The quantitative estimate of drug-likeness (QED) is 0.0168. The fourth-order valence-corrected chi connectivity index (χ4v) is 15.9. The third-order valence-electron chi connectivity index (χ3n) is 27.9. The summed E-state index contributed by atoms with van der Waals surface area (Å²) in [5.74, 6) is -11.2. The Morgan fingerprint density at radius 3 is 0.927 bits per heavy atom. The van der Waals surface area contributed by atoms with E-state index in [1.807, 2.05) is 74.4 Å². The lowest BCUT2D eigenvalue weighted by molar-refractivity contribution is -0.198. The van der Waals surface area contributed by atoms with Gasteiger partial charge in [0.2, 0.25) is 47.0 Å². The van der Waals surface area contributed by atoms with Crippen LogP contribution < -0.4 is 4.74 Å². The molecule has 6 fully saturated rings. The highest BCUT2D eigenvalue weighted by molar-refractivity contribution is 6.15. The average molecular weight is 2100 g/mol. The molecule has 6 saturated heterocycles. The maximum atomic E-state index is 12.8. The van der Waals surface area contributed by atoms with Crippen molar-refractivity contribution < 1.29 is 171 Å². The van der Waals surface area contributed by atoms with Crippen LogP contribution in [0.15, 0.2) is 141 Å². The molecular formula is C108H146N6O36. The molecule has 42 nitrogen and oxygen atoms in total. The van der Waals surface area contributed by atoms with E-state index in [0.717, 1.165) is 36.7 Å². The van der Waals surface area contributed by atoms with E-state index in [9.17, 15) is 95.9 Å². The highest BCUT2D eigenvalue weighted by Crippen LogP contribution is 2.55. The van der Waals surface area contributed by atoms with Crippen molar-refractivity contribution in [2.45, 2.75) is 239 Å². The van der Waals surface area contributed by atoms with Crippen molar-refractivity contribution in [3.05, 3.63) is 140 Å². The Morgan fingerprint density at radius 1 is 0.340 bits per heavy atom. The zero-order valence-corrected chi connectivity index (χ0v) is 90.3. The molecule has 3 aromatic rings. The highest BCUT2D eigenvalue weighted by atomic mass is 16.7. The van der Waals surface area contributed by atoms with Crippen LogP contribution in [0.4, 0.5) is 0 Å². The number of imide groups is 6. The summed E-state index contributed by atoms with van der Waals surface area (Å²) < 4.78 is 83.4. The average Bonchev–Trinajstić information content (AvgIpc) is 1.54. The molecule has 15 rings (SSSR count). The van der Waals surface area contributed by atoms with Crippen molar-refractivity contribution in [2.24, 2.45) is 68.0 Å². The van der Waals surface area contributed by atoms with Crippen LogP contribution in [0.2, 0.25) is 0 Å². The molecule has 3 aromatic heterocycles. The number of methoxy groups -OCH3 is 2. The molecule has 824 valence electrons. The number of likely N-dealkylation sites (tertiary alicyclic amines) is 3. The number of Topliss-reactive ketones (excluding diaryl/α,β-unsaturated/α-hetero) is 1. The number of aryl methyl sites for hydroxylation is 1. The zero-order chi connectivity index (χ0) is 112. The summed E-state index contributed by atoms with van der Waals surface area (Å²) >= 11 is 0. The Bertz CT molecular complexity index is 5290. The van der Waals surface area contributed by atoms with Gasteiger partial charge in [0.1, 0.15) is 57.2 Å². The summed E-state index contributed by atoms with van der Waals surface area (Å²) in [4.78, 5) is 244. The Hall–Kier alpha value is -13.3. The van der Waals surface area contributed by atoms with Gasteiger partial charge in [-0.1, -0.05) is 73.6 Å². The normalized spacial score (nSPS) is 23.4. The van der Waals surface area contributed by atoms with Gasteiger partial charge in [0.05, 0.1) is 146 Å². The number of hydrogen-bond donors (Lipinski definition) is 0. The van der Waals surface area contributed by atoms with Gasteiger partial charge in [-0.2, -0.15) is 0 Å². The van der Waals surface area contributed by atoms with Crippen LogP contribution in [-0.4, -0.2) is 290 Å². The molecule has 12 amide bonds. The van der Waals surface area contributed by atoms with E-state index < -0.39 is 121 Å². The molecule has 150 heavy (non-hydrogen) atoms. The van der Waals surface area contributed by atoms with Crippen LogP contribution in [0.1, 0.15) is 214 Å². The zero-order valence-electron chi connectivity index (χ0n) is 90.3. The first-order chi connectivity index (χ1) is 70.6. The van der Waals surface area contributed by atoms with Gasteiger partial charge in [0, 0.05) is 69.1 Å². The molecule has 12 atom stereocenters. The summed E-state index contributed by atoms with van der Waals surface area (Å²) in [6, 6.07) is 10.8. The molecule has 42 heteroatoms. The molecule has 0 spiro atoms. The molecule has 6 bridgehead atoms. The van der Waals surface area contributed by atoms with E-state index >= 15 is 0 Å². The Balaban J connectivity index is 0.000000234. The van der Waals surface area contributed by atoms with E-state index in [4.69, 9.17) is 74.8 Å². The second-order valence-electron chi connectivity index (χ2n) is 40.0. The molecule has 12 aliphatic heterocycles. The smallest absolute Gasteiger partial charge is 0.343 e. The first-order valence-corrected chi connectivity index (χ1v) is 50.4. The van der Waals surface area contributed by atoms with Gasteiger partial charge in [-0.3, -0.25) is 120 Å². The van der Waals surface area contributed by atoms with Crippen molar-refractivity contribution >= 4 is 118 Å². The summed E-state index contributed by atoms with van der Waals surface area (Å²) in [7, 11) is 2.67. The number of hydrogen-bond acceptors (Lipinski definition) is 36. The van der Waals surface area contributed by atoms with Crippen LogP contribution in [-0.2, 0) is 154 Å². The predicted octanol–water partition coefficient (Wildman–Crippen LogP) is 10.7. The third kappa shape index (κ3) is 29.5. The van der Waals surface area contributed by atoms with Crippen molar-refractivity contribution in [1.82, 2.24) is 29.4 Å². The molecule has 0 aromatic carbocycles. The number of nitrogens with zero attached hydrogens (tertiary/aromatic N) is 6. The Kier molecular flexibility index (Phi) is 44.4. The standard InChI is InChI=1S/C18H23NO7.C18H25NO6.C17H23NO6.3C12H17NO4.C7H8O2.C6H8O2.C6H8O/c1-5-17(2,3)15(22)25-9-8-19-13(20)11-10-6-7-18(26-10,16(23)24-4)12(11)14(19)21;1-5-17(3,4)16(22)23-10-9-19-14(20)12-11-7-8-18(25-11,24-6-2)13(12)15(19)21;1-5-16(2,3)15(21)23-9-8-18-13(19)11-10-6-7-17(22-4,24-10)12(11)14(18)20;3*1-4-12(2,3)11(16)17-8-7-13-9(14)5-6-10(13)15;1-2-6(8)7-4-3-5-9-7;1-2-7-6-4-3-5-8-6;1-2-6-4-3-5-7-6/h6-7,10-12H,5,8-9H2,1-4H3;7-8,11-13H,5-6,9-10H2,1-4H3;6-7,10-12H,5,8-9H2,1-4H3;3*5-6H,4,7-8H2,1-3H3;3-5H,2H2,1H3;3-5H,2H2,1H3;3-5H,2H2,1H3. The van der Waals surface area contributed by atoms with Crippen molar-refractivity contribution in [1.29, 1.82) is 0 Å². The van der Waals surface area contributed by atoms with E-state index in [0.29, 0.717) is 69.9 Å². The minimum absolute atomic E-state index is 0.000228. The number of carbonyl (C=O) groups is 20. The molecule has 0 radical (unpaired) electrons. The maximum absolute atomic E-state index is 12.8. The highest BCUT2D eigenvalue weighted by Gasteiger charge is 2.73. The van der Waals surface area contributed by atoms with Gasteiger partial charge in [0.25, 0.3) is 41.4 Å². The largest absolute Gasteiger partial charge is 0.469 e. The Labute approximate surface area is 873 Å². The van der Waals surface area contributed by atoms with Crippen LogP contribution in [0.25, 0.3) is 0 Å². The molecule has 15 heterocycles. The van der Waals surface area contributed by atoms with Gasteiger partial charge < -0.3 is 74.8 Å². The first-order valence-electron chi connectivity index (χ1n) is 50.4. The fourth-order valence-electron chi connectivity index (χ4n) is 15.9.